The van der Waals surface area contributed by atoms with E-state index < -0.39 is 0 Å². The van der Waals surface area contributed by atoms with Crippen molar-refractivity contribution in [2.45, 2.75) is 39.2 Å². The van der Waals surface area contributed by atoms with Crippen molar-refractivity contribution in [3.63, 3.8) is 0 Å². The van der Waals surface area contributed by atoms with Crippen LogP contribution in [0.1, 0.15) is 54.8 Å². The van der Waals surface area contributed by atoms with E-state index in [1.807, 2.05) is 12.1 Å². The van der Waals surface area contributed by atoms with E-state index in [2.05, 4.69) is 38.9 Å². The molecule has 0 bridgehead atoms. The zero-order valence-electron chi connectivity index (χ0n) is 16.4. The highest BCUT2D eigenvalue weighted by Crippen LogP contribution is 2.33. The van der Waals surface area contributed by atoms with Gasteiger partial charge in [-0.2, -0.15) is 4.98 Å². The molecule has 0 saturated carbocycles. The Bertz CT molecular complexity index is 1000. The Labute approximate surface area is 168 Å². The molecule has 3 aromatic rings. The van der Waals surface area contributed by atoms with E-state index >= 15 is 0 Å². The number of aromatic nitrogens is 5. The molecule has 0 aromatic carbocycles. The molecule has 0 radical (unpaired) electrons. The number of rotatable bonds is 5. The first-order valence-corrected chi connectivity index (χ1v) is 9.69. The molecular formula is C20H23N7O2. The van der Waals surface area contributed by atoms with Gasteiger partial charge in [-0.1, -0.05) is 19.0 Å². The first kappa shape index (κ1) is 19.0. The average molecular weight is 393 g/mol. The van der Waals surface area contributed by atoms with E-state index in [1.165, 1.54) is 0 Å². The Balaban J connectivity index is 1.58. The summed E-state index contributed by atoms with van der Waals surface area (Å²) in [5.74, 6) is 1.18. The third-order valence-corrected chi connectivity index (χ3v) is 4.79. The van der Waals surface area contributed by atoms with E-state index in [0.29, 0.717) is 29.9 Å². The molecule has 1 amide bonds. The van der Waals surface area contributed by atoms with Crippen molar-refractivity contribution in [1.29, 1.82) is 0 Å². The van der Waals surface area contributed by atoms with Crippen molar-refractivity contribution in [2.24, 2.45) is 5.92 Å². The summed E-state index contributed by atoms with van der Waals surface area (Å²) < 4.78 is 5.48. The number of carbonyl (C=O) groups excluding carboxylic acids is 1. The third kappa shape index (κ3) is 4.08. The predicted molar refractivity (Wildman–Crippen MR) is 106 cm³/mol. The fourth-order valence-corrected chi connectivity index (χ4v) is 3.55. The number of hydrogen-bond acceptors (Lipinski definition) is 8. The highest BCUT2D eigenvalue weighted by Gasteiger charge is 2.35. The standard InChI is InChI=1S/C20H23N7O2/c1-12(2)9-14-10-15(24-20(21)23-14)19(28)27-8-4-6-16(27)18-25-17(26-29-18)13-5-3-7-22-11-13/h3,5,7,10-12,16H,4,6,8-9H2,1-2H3,(H2,21,23,24)/t16-/m0/s1. The molecule has 0 unspecified atom stereocenters. The Morgan fingerprint density at radius 2 is 2.21 bits per heavy atom. The van der Waals surface area contributed by atoms with Crippen LogP contribution in [0.25, 0.3) is 11.4 Å². The van der Waals surface area contributed by atoms with Crippen LogP contribution in [0.5, 0.6) is 0 Å². The van der Waals surface area contributed by atoms with Crippen LogP contribution >= 0.6 is 0 Å². The van der Waals surface area contributed by atoms with Gasteiger partial charge in [-0.25, -0.2) is 9.97 Å². The molecular weight excluding hydrogens is 370 g/mol. The number of carbonyl (C=O) groups is 1. The minimum absolute atomic E-state index is 0.110. The molecule has 9 nitrogen and oxygen atoms in total. The van der Waals surface area contributed by atoms with Gasteiger partial charge < -0.3 is 15.2 Å². The van der Waals surface area contributed by atoms with Crippen molar-refractivity contribution in [1.82, 2.24) is 30.0 Å². The van der Waals surface area contributed by atoms with Crippen LogP contribution in [0.2, 0.25) is 0 Å². The van der Waals surface area contributed by atoms with Gasteiger partial charge in [-0.15, -0.1) is 0 Å². The van der Waals surface area contributed by atoms with Crippen molar-refractivity contribution in [2.75, 3.05) is 12.3 Å². The molecule has 9 heteroatoms. The average Bonchev–Trinajstić information content (AvgIpc) is 3.36. The lowest BCUT2D eigenvalue weighted by molar-refractivity contribution is 0.0704. The largest absolute Gasteiger partial charge is 0.368 e. The highest BCUT2D eigenvalue weighted by atomic mass is 16.5. The molecule has 150 valence electrons. The smallest absolute Gasteiger partial charge is 0.273 e. The number of pyridine rings is 1. The van der Waals surface area contributed by atoms with Gasteiger partial charge in [-0.3, -0.25) is 9.78 Å². The van der Waals surface area contributed by atoms with Crippen LogP contribution in [0.3, 0.4) is 0 Å². The van der Waals surface area contributed by atoms with E-state index in [1.54, 1.807) is 23.4 Å². The summed E-state index contributed by atoms with van der Waals surface area (Å²) in [6.07, 6.45) is 5.68. The Morgan fingerprint density at radius 3 is 2.97 bits per heavy atom. The number of amides is 1. The molecule has 1 fully saturated rings. The maximum atomic E-state index is 13.2. The maximum Gasteiger partial charge on any atom is 0.273 e. The zero-order chi connectivity index (χ0) is 20.4. The first-order valence-electron chi connectivity index (χ1n) is 9.69. The number of hydrogen-bond donors (Lipinski definition) is 1. The van der Waals surface area contributed by atoms with Gasteiger partial charge in [-0.05, 0) is 43.4 Å². The summed E-state index contributed by atoms with van der Waals surface area (Å²) in [6, 6.07) is 5.11. The van der Waals surface area contributed by atoms with Gasteiger partial charge in [0.05, 0.1) is 0 Å². The second-order valence-corrected chi connectivity index (χ2v) is 7.56. The number of likely N-dealkylation sites (tertiary alicyclic amines) is 1. The Morgan fingerprint density at radius 1 is 1.34 bits per heavy atom. The number of anilines is 1. The van der Waals surface area contributed by atoms with Crippen molar-refractivity contribution >= 4 is 11.9 Å². The van der Waals surface area contributed by atoms with Crippen LogP contribution in [0.4, 0.5) is 5.95 Å². The predicted octanol–water partition coefficient (Wildman–Crippen LogP) is 2.68. The fourth-order valence-electron chi connectivity index (χ4n) is 3.55. The molecule has 1 aliphatic heterocycles. The van der Waals surface area contributed by atoms with Crippen LogP contribution in [-0.4, -0.2) is 42.4 Å². The van der Waals surface area contributed by atoms with E-state index in [-0.39, 0.29) is 17.9 Å². The monoisotopic (exact) mass is 393 g/mol. The molecule has 0 spiro atoms. The summed E-state index contributed by atoms with van der Waals surface area (Å²) in [5.41, 5.74) is 7.67. The van der Waals surface area contributed by atoms with E-state index in [9.17, 15) is 4.79 Å². The Hall–Kier alpha value is -3.36. The molecule has 0 aliphatic carbocycles. The lowest BCUT2D eigenvalue weighted by Gasteiger charge is -2.21. The minimum atomic E-state index is -0.287. The lowest BCUT2D eigenvalue weighted by atomic mass is 10.1. The number of nitrogens with two attached hydrogens (primary N) is 1. The van der Waals surface area contributed by atoms with Crippen LogP contribution in [-0.2, 0) is 6.42 Å². The lowest BCUT2D eigenvalue weighted by Crippen LogP contribution is -2.31. The second kappa shape index (κ2) is 7.94. The topological polar surface area (TPSA) is 124 Å². The van der Waals surface area contributed by atoms with Crippen LogP contribution in [0, 0.1) is 5.92 Å². The van der Waals surface area contributed by atoms with Crippen molar-refractivity contribution < 1.29 is 9.32 Å². The maximum absolute atomic E-state index is 13.2. The van der Waals surface area contributed by atoms with E-state index in [0.717, 1.165) is 30.5 Å². The van der Waals surface area contributed by atoms with Gasteiger partial charge >= 0.3 is 0 Å². The molecule has 2 N–H and O–H groups in total. The van der Waals surface area contributed by atoms with Crippen molar-refractivity contribution in [3.05, 3.63) is 47.9 Å². The van der Waals surface area contributed by atoms with Crippen LogP contribution < -0.4 is 5.73 Å². The highest BCUT2D eigenvalue weighted by molar-refractivity contribution is 5.93. The Kier molecular flexibility index (Phi) is 5.20. The number of nitrogens with zero attached hydrogens (tertiary/aromatic N) is 6. The van der Waals surface area contributed by atoms with Gasteiger partial charge in [0.15, 0.2) is 0 Å². The van der Waals surface area contributed by atoms with Crippen molar-refractivity contribution in [3.8, 4) is 11.4 Å². The van der Waals surface area contributed by atoms with E-state index in [4.69, 9.17) is 10.3 Å². The zero-order valence-corrected chi connectivity index (χ0v) is 16.4. The number of nitrogen functional groups attached to an aromatic ring is 1. The summed E-state index contributed by atoms with van der Waals surface area (Å²) in [5, 5.41) is 4.05. The molecule has 4 heterocycles. The molecule has 29 heavy (non-hydrogen) atoms. The normalized spacial score (nSPS) is 16.5. The molecule has 3 aromatic heterocycles. The SMILES string of the molecule is CC(C)Cc1cc(C(=O)N2CCC[C@H]2c2nc(-c3cccnc3)no2)nc(N)n1. The quantitative estimate of drug-likeness (QED) is 0.701. The van der Waals surface area contributed by atoms with Crippen LogP contribution in [0.15, 0.2) is 35.1 Å². The minimum Gasteiger partial charge on any atom is -0.368 e. The van der Waals surface area contributed by atoms with Gasteiger partial charge in [0.25, 0.3) is 5.91 Å². The first-order chi connectivity index (χ1) is 14.0. The molecule has 1 aliphatic rings. The van der Waals surface area contributed by atoms with Gasteiger partial charge in [0.2, 0.25) is 17.7 Å². The molecule has 1 saturated heterocycles. The molecule has 1 atom stereocenters. The summed E-state index contributed by atoms with van der Waals surface area (Å²) in [4.78, 5) is 31.9. The summed E-state index contributed by atoms with van der Waals surface area (Å²) in [7, 11) is 0. The summed E-state index contributed by atoms with van der Waals surface area (Å²) in [6.45, 7) is 4.77. The molecule has 4 rings (SSSR count). The third-order valence-electron chi connectivity index (χ3n) is 4.79. The van der Waals surface area contributed by atoms with Gasteiger partial charge in [0.1, 0.15) is 11.7 Å². The van der Waals surface area contributed by atoms with Gasteiger partial charge in [0, 0.05) is 30.2 Å². The summed E-state index contributed by atoms with van der Waals surface area (Å²) >= 11 is 0. The fraction of sp³-hybridized carbons (Fsp3) is 0.400. The second-order valence-electron chi connectivity index (χ2n) is 7.56.